The van der Waals surface area contributed by atoms with E-state index in [9.17, 15) is 13.6 Å². The molecule has 3 aromatic rings. The van der Waals surface area contributed by atoms with Crippen molar-refractivity contribution in [3.63, 3.8) is 0 Å². The van der Waals surface area contributed by atoms with E-state index in [1.54, 1.807) is 0 Å². The molecule has 0 bridgehead atoms. The van der Waals surface area contributed by atoms with Crippen LogP contribution in [0.3, 0.4) is 0 Å². The Balaban J connectivity index is 1.87. The van der Waals surface area contributed by atoms with Crippen molar-refractivity contribution in [1.29, 1.82) is 0 Å². The number of halogens is 2. The molecule has 0 fully saturated rings. The number of hydrogen-bond donors (Lipinski definition) is 2. The van der Waals surface area contributed by atoms with Crippen molar-refractivity contribution in [3.8, 4) is 0 Å². The highest BCUT2D eigenvalue weighted by atomic mass is 32.2. The third kappa shape index (κ3) is 4.82. The maximum absolute atomic E-state index is 13.8. The zero-order valence-electron chi connectivity index (χ0n) is 15.0. The van der Waals surface area contributed by atoms with Crippen LogP contribution >= 0.6 is 23.1 Å². The number of anilines is 1. The quantitative estimate of drug-likeness (QED) is 0.459. The Morgan fingerprint density at radius 2 is 2.11 bits per heavy atom. The summed E-state index contributed by atoms with van der Waals surface area (Å²) in [5.41, 5.74) is 0.666. The van der Waals surface area contributed by atoms with Crippen LogP contribution in [0.5, 0.6) is 0 Å². The minimum Gasteiger partial charge on any atom is -0.365 e. The number of nitrogens with one attached hydrogen (secondary N) is 2. The average Bonchev–Trinajstić information content (AvgIpc) is 2.96. The second kappa shape index (κ2) is 8.32. The van der Waals surface area contributed by atoms with Gasteiger partial charge in [-0.3, -0.25) is 9.78 Å². The summed E-state index contributed by atoms with van der Waals surface area (Å²) in [6.45, 7) is 2.79. The summed E-state index contributed by atoms with van der Waals surface area (Å²) < 4.78 is 27.8. The molecule has 144 valence electrons. The van der Waals surface area contributed by atoms with E-state index in [1.165, 1.54) is 23.9 Å². The fourth-order valence-corrected chi connectivity index (χ4v) is 4.16. The Labute approximate surface area is 163 Å². The first-order valence-electron chi connectivity index (χ1n) is 8.21. The molecule has 10 heteroatoms. The first-order valence-corrected chi connectivity index (χ1v) is 10.0. The van der Waals surface area contributed by atoms with Crippen LogP contribution in [0.25, 0.3) is 10.3 Å². The van der Waals surface area contributed by atoms with Gasteiger partial charge in [-0.15, -0.1) is 0 Å². The second-order valence-corrected chi connectivity index (χ2v) is 8.28. The van der Waals surface area contributed by atoms with Gasteiger partial charge >= 0.3 is 4.87 Å². The fourth-order valence-electron chi connectivity index (χ4n) is 2.62. The van der Waals surface area contributed by atoms with Gasteiger partial charge < -0.3 is 10.2 Å². The van der Waals surface area contributed by atoms with E-state index in [1.807, 2.05) is 25.9 Å². The van der Waals surface area contributed by atoms with Gasteiger partial charge in [-0.05, 0) is 27.1 Å². The van der Waals surface area contributed by atoms with Crippen LogP contribution in [-0.2, 0) is 5.75 Å². The molecular formula is C17H19F2N5OS2. The largest absolute Gasteiger partial charge is 0.365 e. The summed E-state index contributed by atoms with van der Waals surface area (Å²) in [6.07, 6.45) is 0. The minimum absolute atomic E-state index is 0.0915. The van der Waals surface area contributed by atoms with Crippen LogP contribution in [0.4, 0.5) is 14.6 Å². The zero-order valence-corrected chi connectivity index (χ0v) is 16.7. The third-order valence-electron chi connectivity index (χ3n) is 3.67. The monoisotopic (exact) mass is 411 g/mol. The Hall–Kier alpha value is -2.04. The van der Waals surface area contributed by atoms with Gasteiger partial charge in [-0.1, -0.05) is 35.2 Å². The van der Waals surface area contributed by atoms with Gasteiger partial charge in [-0.2, -0.15) is 0 Å². The van der Waals surface area contributed by atoms with Crippen molar-refractivity contribution in [1.82, 2.24) is 19.9 Å². The number of thiazole rings is 1. The fraction of sp³-hybridized carbons (Fsp3) is 0.353. The van der Waals surface area contributed by atoms with Crippen molar-refractivity contribution in [2.45, 2.75) is 23.9 Å². The smallest absolute Gasteiger partial charge is 0.306 e. The molecule has 0 aliphatic heterocycles. The lowest BCUT2D eigenvalue weighted by molar-refractivity contribution is 0.392. The minimum atomic E-state index is -0.883. The van der Waals surface area contributed by atoms with Crippen LogP contribution in [0.2, 0.25) is 0 Å². The molecule has 6 nitrogen and oxygen atoms in total. The molecule has 2 heterocycles. The molecule has 0 amide bonds. The molecule has 2 aromatic heterocycles. The molecule has 1 aromatic carbocycles. The summed E-state index contributed by atoms with van der Waals surface area (Å²) in [5.74, 6) is -1.02. The molecule has 27 heavy (non-hydrogen) atoms. The molecule has 2 N–H and O–H groups in total. The number of likely N-dealkylation sites (N-methyl/N-ethyl adjacent to an activating group) is 1. The normalized spacial score (nSPS) is 12.7. The molecule has 0 saturated heterocycles. The van der Waals surface area contributed by atoms with Crippen molar-refractivity contribution in [2.24, 2.45) is 0 Å². The highest BCUT2D eigenvalue weighted by Gasteiger charge is 2.15. The van der Waals surface area contributed by atoms with Crippen LogP contribution in [0, 0.1) is 11.6 Å². The molecule has 0 saturated carbocycles. The number of hydrogen-bond acceptors (Lipinski definition) is 7. The molecule has 0 radical (unpaired) electrons. The SMILES string of the molecule is C[C@H](CN(C)C)Nc1nc(SCc2cccc(F)c2F)nc2[nH]c(=O)sc12. The lowest BCUT2D eigenvalue weighted by Crippen LogP contribution is -2.30. The summed E-state index contributed by atoms with van der Waals surface area (Å²) in [5, 5.41) is 3.67. The van der Waals surface area contributed by atoms with Gasteiger partial charge in [0.1, 0.15) is 4.70 Å². The van der Waals surface area contributed by atoms with E-state index < -0.39 is 11.6 Å². The topological polar surface area (TPSA) is 73.9 Å². The van der Waals surface area contributed by atoms with E-state index in [0.717, 1.165) is 23.9 Å². The average molecular weight is 412 g/mol. The first kappa shape index (κ1) is 19.7. The number of thioether (sulfide) groups is 1. The summed E-state index contributed by atoms with van der Waals surface area (Å²) in [4.78, 5) is 25.1. The number of aromatic amines is 1. The number of nitrogens with zero attached hydrogens (tertiary/aromatic N) is 3. The van der Waals surface area contributed by atoms with Gasteiger partial charge in [0.05, 0.1) is 0 Å². The molecule has 3 rings (SSSR count). The van der Waals surface area contributed by atoms with Crippen LogP contribution in [0.15, 0.2) is 28.2 Å². The van der Waals surface area contributed by atoms with Gasteiger partial charge in [0.2, 0.25) is 0 Å². The molecule has 0 spiro atoms. The van der Waals surface area contributed by atoms with Crippen molar-refractivity contribution in [3.05, 3.63) is 45.1 Å². The number of H-pyrrole nitrogens is 1. The lowest BCUT2D eigenvalue weighted by Gasteiger charge is -2.19. The van der Waals surface area contributed by atoms with E-state index in [2.05, 4.69) is 20.3 Å². The van der Waals surface area contributed by atoms with Crippen molar-refractivity contribution >= 4 is 39.3 Å². The van der Waals surface area contributed by atoms with E-state index in [-0.39, 0.29) is 22.2 Å². The molecule has 1 atom stereocenters. The summed E-state index contributed by atoms with van der Waals surface area (Å²) in [7, 11) is 3.94. The van der Waals surface area contributed by atoms with Gasteiger partial charge in [-0.25, -0.2) is 18.7 Å². The van der Waals surface area contributed by atoms with E-state index >= 15 is 0 Å². The molecule has 0 unspecified atom stereocenters. The van der Waals surface area contributed by atoms with Gasteiger partial charge in [0, 0.05) is 23.9 Å². The Bertz CT molecular complexity index is 1000. The molecule has 0 aliphatic carbocycles. The summed E-state index contributed by atoms with van der Waals surface area (Å²) in [6, 6.07) is 4.16. The Morgan fingerprint density at radius 3 is 2.85 bits per heavy atom. The van der Waals surface area contributed by atoms with E-state index in [0.29, 0.717) is 21.3 Å². The van der Waals surface area contributed by atoms with Crippen molar-refractivity contribution < 1.29 is 8.78 Å². The predicted octanol–water partition coefficient (Wildman–Crippen LogP) is 3.31. The molecular weight excluding hydrogens is 392 g/mol. The number of aromatic nitrogens is 3. The van der Waals surface area contributed by atoms with Gasteiger partial charge in [0.15, 0.2) is 28.3 Å². The maximum atomic E-state index is 13.8. The first-order chi connectivity index (χ1) is 12.8. The zero-order chi connectivity index (χ0) is 19.6. The van der Waals surface area contributed by atoms with E-state index in [4.69, 9.17) is 0 Å². The predicted molar refractivity (Wildman–Crippen MR) is 106 cm³/mol. The highest BCUT2D eigenvalue weighted by Crippen LogP contribution is 2.28. The number of benzene rings is 1. The Kier molecular flexibility index (Phi) is 6.08. The van der Waals surface area contributed by atoms with Crippen molar-refractivity contribution in [2.75, 3.05) is 26.0 Å². The summed E-state index contributed by atoms with van der Waals surface area (Å²) >= 11 is 2.22. The third-order valence-corrected chi connectivity index (χ3v) is 5.45. The second-order valence-electron chi connectivity index (χ2n) is 6.36. The number of fused-ring (bicyclic) bond motifs is 1. The van der Waals surface area contributed by atoms with Gasteiger partial charge in [0.25, 0.3) is 0 Å². The lowest BCUT2D eigenvalue weighted by atomic mass is 10.2. The molecule has 0 aliphatic rings. The van der Waals surface area contributed by atoms with Crippen LogP contribution < -0.4 is 10.2 Å². The standard InChI is InChI=1S/C17H19F2N5OS2/c1-9(7-24(2)3)20-14-13-15(23-17(25)27-13)22-16(21-14)26-8-10-5-4-6-11(18)12(10)19/h4-6,9H,7-8H2,1-3H3,(H2,20,21,22,23,25)/t9-/m1/s1. The van der Waals surface area contributed by atoms with Crippen LogP contribution in [-0.4, -0.2) is 46.5 Å². The highest BCUT2D eigenvalue weighted by molar-refractivity contribution is 7.98. The van der Waals surface area contributed by atoms with Crippen LogP contribution in [0.1, 0.15) is 12.5 Å². The maximum Gasteiger partial charge on any atom is 0.306 e. The Morgan fingerprint density at radius 1 is 1.33 bits per heavy atom. The number of rotatable bonds is 7.